The molecule has 0 saturated carbocycles. The SMILES string of the molecule is N#CC(C#N)=CNc1ccc(Br)c2nccnc12. The van der Waals surface area contributed by atoms with Crippen molar-refractivity contribution in [3.63, 3.8) is 0 Å². The second-order valence-corrected chi connectivity index (χ2v) is 4.13. The smallest absolute Gasteiger partial charge is 0.145 e. The van der Waals surface area contributed by atoms with E-state index in [2.05, 4.69) is 31.2 Å². The van der Waals surface area contributed by atoms with Crippen molar-refractivity contribution >= 4 is 32.7 Å². The van der Waals surface area contributed by atoms with E-state index in [1.54, 1.807) is 30.6 Å². The fourth-order valence-electron chi connectivity index (χ4n) is 1.38. The molecule has 1 N–H and O–H groups in total. The number of halogens is 1. The standard InChI is InChI=1S/C12H6BrN5/c13-9-1-2-10(18-7-8(5-14)6-15)12-11(9)16-3-4-17-12/h1-4,7,18H. The number of hydrogen-bond donors (Lipinski definition) is 1. The molecule has 0 unspecified atom stereocenters. The summed E-state index contributed by atoms with van der Waals surface area (Å²) in [4.78, 5) is 8.43. The molecule has 2 rings (SSSR count). The van der Waals surface area contributed by atoms with E-state index >= 15 is 0 Å². The number of hydrogen-bond acceptors (Lipinski definition) is 5. The highest BCUT2D eigenvalue weighted by Gasteiger charge is 2.05. The summed E-state index contributed by atoms with van der Waals surface area (Å²) in [5.41, 5.74) is 2.06. The fraction of sp³-hybridized carbons (Fsp3) is 0. The maximum absolute atomic E-state index is 8.65. The molecule has 0 bridgehead atoms. The van der Waals surface area contributed by atoms with Crippen molar-refractivity contribution in [3.05, 3.63) is 40.8 Å². The van der Waals surface area contributed by atoms with Crippen molar-refractivity contribution in [3.8, 4) is 12.1 Å². The van der Waals surface area contributed by atoms with Crippen molar-refractivity contribution in [1.29, 1.82) is 10.5 Å². The second-order valence-electron chi connectivity index (χ2n) is 3.27. The Morgan fingerprint density at radius 3 is 2.50 bits per heavy atom. The largest absolute Gasteiger partial charge is 0.358 e. The molecule has 1 aromatic carbocycles. The van der Waals surface area contributed by atoms with Crippen molar-refractivity contribution in [1.82, 2.24) is 9.97 Å². The number of anilines is 1. The highest BCUT2D eigenvalue weighted by molar-refractivity contribution is 9.10. The third-order valence-corrected chi connectivity index (χ3v) is 2.83. The van der Waals surface area contributed by atoms with E-state index in [-0.39, 0.29) is 5.57 Å². The highest BCUT2D eigenvalue weighted by Crippen LogP contribution is 2.26. The van der Waals surface area contributed by atoms with Crippen LogP contribution in [-0.4, -0.2) is 9.97 Å². The Bertz CT molecular complexity index is 692. The van der Waals surface area contributed by atoms with Gasteiger partial charge in [0.2, 0.25) is 0 Å². The predicted molar refractivity (Wildman–Crippen MR) is 70.2 cm³/mol. The summed E-state index contributed by atoms with van der Waals surface area (Å²) in [6.07, 6.45) is 4.53. The first-order chi connectivity index (χ1) is 8.76. The third-order valence-electron chi connectivity index (χ3n) is 2.19. The van der Waals surface area contributed by atoms with E-state index in [0.29, 0.717) is 16.7 Å². The van der Waals surface area contributed by atoms with Crippen molar-refractivity contribution in [2.24, 2.45) is 0 Å². The molecule has 2 aromatic rings. The molecule has 0 spiro atoms. The van der Waals surface area contributed by atoms with Crippen molar-refractivity contribution in [2.45, 2.75) is 0 Å². The molecule has 0 saturated heterocycles. The van der Waals surface area contributed by atoms with E-state index in [1.807, 2.05) is 6.07 Å². The first kappa shape index (κ1) is 12.0. The van der Waals surface area contributed by atoms with Gasteiger partial charge in [-0.25, -0.2) is 0 Å². The van der Waals surface area contributed by atoms with Crippen molar-refractivity contribution in [2.75, 3.05) is 5.32 Å². The van der Waals surface area contributed by atoms with Crippen LogP contribution < -0.4 is 5.32 Å². The quantitative estimate of drug-likeness (QED) is 0.862. The third kappa shape index (κ3) is 2.29. The van der Waals surface area contributed by atoms with Crippen LogP contribution in [0.3, 0.4) is 0 Å². The van der Waals surface area contributed by atoms with Gasteiger partial charge in [-0.2, -0.15) is 10.5 Å². The molecule has 0 aliphatic carbocycles. The lowest BCUT2D eigenvalue weighted by atomic mass is 10.2. The number of rotatable bonds is 2. The van der Waals surface area contributed by atoms with Gasteiger partial charge in [0, 0.05) is 23.1 Å². The van der Waals surface area contributed by atoms with Crippen LogP contribution in [0.4, 0.5) is 5.69 Å². The normalized spacial score (nSPS) is 9.28. The topological polar surface area (TPSA) is 85.4 Å². The maximum atomic E-state index is 8.65. The van der Waals surface area contributed by atoms with Gasteiger partial charge in [0.15, 0.2) is 0 Å². The van der Waals surface area contributed by atoms with Crippen LogP contribution in [-0.2, 0) is 0 Å². The molecular formula is C12H6BrN5. The molecule has 0 aliphatic rings. The fourth-order valence-corrected chi connectivity index (χ4v) is 1.80. The summed E-state index contributed by atoms with van der Waals surface area (Å²) in [5, 5.41) is 20.2. The lowest BCUT2D eigenvalue weighted by Gasteiger charge is -2.05. The Balaban J connectivity index is 2.48. The summed E-state index contributed by atoms with van der Waals surface area (Å²) >= 11 is 3.39. The molecule has 86 valence electrons. The second kappa shape index (κ2) is 5.26. The summed E-state index contributed by atoms with van der Waals surface area (Å²) in [7, 11) is 0. The monoisotopic (exact) mass is 299 g/mol. The number of fused-ring (bicyclic) bond motifs is 1. The van der Waals surface area contributed by atoms with Gasteiger partial charge in [0.25, 0.3) is 0 Å². The Hall–Kier alpha value is -2.44. The molecule has 1 aromatic heterocycles. The van der Waals surface area contributed by atoms with Crippen LogP contribution in [0.5, 0.6) is 0 Å². The van der Waals surface area contributed by atoms with E-state index in [4.69, 9.17) is 10.5 Å². The molecule has 0 aliphatic heterocycles. The minimum atomic E-state index is -0.00467. The van der Waals surface area contributed by atoms with Crippen molar-refractivity contribution < 1.29 is 0 Å². The number of nitrogens with one attached hydrogen (secondary N) is 1. The van der Waals surface area contributed by atoms with Crippen LogP contribution in [0.1, 0.15) is 0 Å². The predicted octanol–water partition coefficient (Wildman–Crippen LogP) is 2.74. The molecule has 5 nitrogen and oxygen atoms in total. The van der Waals surface area contributed by atoms with Gasteiger partial charge in [-0.05, 0) is 28.1 Å². The Morgan fingerprint density at radius 1 is 1.17 bits per heavy atom. The first-order valence-electron chi connectivity index (χ1n) is 4.92. The Morgan fingerprint density at radius 2 is 1.83 bits per heavy atom. The lowest BCUT2D eigenvalue weighted by Crippen LogP contribution is -1.94. The number of allylic oxidation sites excluding steroid dienone is 1. The van der Waals surface area contributed by atoms with Crippen LogP contribution in [0.25, 0.3) is 11.0 Å². The minimum absolute atomic E-state index is 0.00467. The van der Waals surface area contributed by atoms with Crippen LogP contribution in [0, 0.1) is 22.7 Å². The Labute approximate surface area is 112 Å². The zero-order valence-corrected chi connectivity index (χ0v) is 10.6. The summed E-state index contributed by atoms with van der Waals surface area (Å²) in [6, 6.07) is 7.17. The molecule has 1 heterocycles. The summed E-state index contributed by atoms with van der Waals surface area (Å²) in [6.45, 7) is 0. The van der Waals surface area contributed by atoms with Crippen LogP contribution in [0.2, 0.25) is 0 Å². The van der Waals surface area contributed by atoms with Gasteiger partial charge >= 0.3 is 0 Å². The van der Waals surface area contributed by atoms with E-state index in [1.165, 1.54) is 6.20 Å². The molecular weight excluding hydrogens is 294 g/mol. The number of aromatic nitrogens is 2. The van der Waals surface area contributed by atoms with Gasteiger partial charge in [0.05, 0.1) is 5.69 Å². The van der Waals surface area contributed by atoms with E-state index in [0.717, 1.165) is 4.47 Å². The van der Waals surface area contributed by atoms with Gasteiger partial charge in [-0.1, -0.05) is 0 Å². The van der Waals surface area contributed by atoms with Gasteiger partial charge in [0.1, 0.15) is 28.7 Å². The van der Waals surface area contributed by atoms with Crippen LogP contribution >= 0.6 is 15.9 Å². The van der Waals surface area contributed by atoms with Crippen LogP contribution in [0.15, 0.2) is 40.8 Å². The zero-order chi connectivity index (χ0) is 13.0. The average Bonchev–Trinajstić information content (AvgIpc) is 2.42. The average molecular weight is 300 g/mol. The molecule has 0 atom stereocenters. The van der Waals surface area contributed by atoms with E-state index in [9.17, 15) is 0 Å². The van der Waals surface area contributed by atoms with Gasteiger partial charge in [-0.3, -0.25) is 9.97 Å². The first-order valence-corrected chi connectivity index (χ1v) is 5.71. The summed E-state index contributed by atoms with van der Waals surface area (Å²) < 4.78 is 0.834. The molecule has 0 amide bonds. The summed E-state index contributed by atoms with van der Waals surface area (Å²) in [5.74, 6) is 0. The lowest BCUT2D eigenvalue weighted by molar-refractivity contribution is 1.28. The number of nitriles is 2. The molecule has 6 heteroatoms. The maximum Gasteiger partial charge on any atom is 0.145 e. The minimum Gasteiger partial charge on any atom is -0.358 e. The number of benzene rings is 1. The van der Waals surface area contributed by atoms with Gasteiger partial charge < -0.3 is 5.32 Å². The van der Waals surface area contributed by atoms with E-state index < -0.39 is 0 Å². The molecule has 0 radical (unpaired) electrons. The molecule has 0 fully saturated rings. The molecule has 18 heavy (non-hydrogen) atoms. The zero-order valence-electron chi connectivity index (χ0n) is 9.05. The van der Waals surface area contributed by atoms with Gasteiger partial charge in [-0.15, -0.1) is 0 Å². The highest BCUT2D eigenvalue weighted by atomic mass is 79.9. The number of nitrogens with zero attached hydrogens (tertiary/aromatic N) is 4. The Kier molecular flexibility index (Phi) is 3.52.